The summed E-state index contributed by atoms with van der Waals surface area (Å²) in [5.74, 6) is 4.05. The molecule has 1 aliphatic carbocycles. The Labute approximate surface area is 88.9 Å². The molecule has 0 spiro atoms. The van der Waals surface area contributed by atoms with Crippen molar-refractivity contribution in [3.63, 3.8) is 0 Å². The van der Waals surface area contributed by atoms with Crippen LogP contribution in [0.15, 0.2) is 0 Å². The molecule has 2 aliphatic rings. The normalized spacial score (nSPS) is 49.3. The third kappa shape index (κ3) is 1.60. The quantitative estimate of drug-likeness (QED) is 0.621. The van der Waals surface area contributed by atoms with Crippen molar-refractivity contribution in [2.24, 2.45) is 23.7 Å². The number of nitrogens with zero attached hydrogens (tertiary/aromatic N) is 1. The Morgan fingerprint density at radius 3 is 2.50 bits per heavy atom. The highest BCUT2D eigenvalue weighted by atomic mass is 15.1. The standard InChI is InChI=1S/C13H25N/c1-5-11-6-9(2)12-7-10(3)14(4)8-13(11)12/h9-13H,5-8H2,1-4H3. The van der Waals surface area contributed by atoms with Crippen LogP contribution in [0.5, 0.6) is 0 Å². The van der Waals surface area contributed by atoms with E-state index in [0.717, 1.165) is 29.7 Å². The van der Waals surface area contributed by atoms with E-state index in [2.05, 4.69) is 32.7 Å². The van der Waals surface area contributed by atoms with Gasteiger partial charge in [0.1, 0.15) is 0 Å². The summed E-state index contributed by atoms with van der Waals surface area (Å²) < 4.78 is 0. The molecule has 1 heterocycles. The monoisotopic (exact) mass is 195 g/mol. The first-order chi connectivity index (χ1) is 6.63. The zero-order valence-electron chi connectivity index (χ0n) is 10.2. The predicted octanol–water partition coefficient (Wildman–Crippen LogP) is 3.01. The van der Waals surface area contributed by atoms with Crippen LogP contribution >= 0.6 is 0 Å². The van der Waals surface area contributed by atoms with Crippen LogP contribution in [0.3, 0.4) is 0 Å². The molecule has 0 radical (unpaired) electrons. The first-order valence-corrected chi connectivity index (χ1v) is 6.33. The van der Waals surface area contributed by atoms with Crippen molar-refractivity contribution in [2.75, 3.05) is 13.6 Å². The fourth-order valence-electron chi connectivity index (χ4n) is 3.85. The molecule has 0 aromatic rings. The fraction of sp³-hybridized carbons (Fsp3) is 1.00. The summed E-state index contributed by atoms with van der Waals surface area (Å²) in [6.45, 7) is 8.60. The lowest BCUT2D eigenvalue weighted by Gasteiger charge is -2.40. The number of hydrogen-bond donors (Lipinski definition) is 0. The van der Waals surface area contributed by atoms with Crippen molar-refractivity contribution in [1.82, 2.24) is 4.90 Å². The lowest BCUT2D eigenvalue weighted by Crippen LogP contribution is -2.44. The number of piperidine rings is 1. The van der Waals surface area contributed by atoms with Gasteiger partial charge in [-0.2, -0.15) is 0 Å². The van der Waals surface area contributed by atoms with Crippen LogP contribution in [0.25, 0.3) is 0 Å². The summed E-state index contributed by atoms with van der Waals surface area (Å²) in [4.78, 5) is 2.57. The molecule has 5 unspecified atom stereocenters. The van der Waals surface area contributed by atoms with Crippen molar-refractivity contribution in [1.29, 1.82) is 0 Å². The second-order valence-corrected chi connectivity index (χ2v) is 5.73. The average molecular weight is 195 g/mol. The van der Waals surface area contributed by atoms with Gasteiger partial charge in [0.25, 0.3) is 0 Å². The minimum Gasteiger partial charge on any atom is -0.303 e. The Morgan fingerprint density at radius 2 is 1.86 bits per heavy atom. The molecule has 0 aromatic carbocycles. The third-order valence-electron chi connectivity index (χ3n) is 4.95. The van der Waals surface area contributed by atoms with Gasteiger partial charge in [0.2, 0.25) is 0 Å². The molecule has 5 atom stereocenters. The topological polar surface area (TPSA) is 3.24 Å². The molecular formula is C13H25N. The van der Waals surface area contributed by atoms with Crippen LogP contribution in [0, 0.1) is 23.7 Å². The van der Waals surface area contributed by atoms with Gasteiger partial charge < -0.3 is 4.90 Å². The van der Waals surface area contributed by atoms with E-state index in [4.69, 9.17) is 0 Å². The molecule has 0 aromatic heterocycles. The Kier molecular flexibility index (Phi) is 2.88. The van der Waals surface area contributed by atoms with Gasteiger partial charge in [0.05, 0.1) is 0 Å². The lowest BCUT2D eigenvalue weighted by molar-refractivity contribution is 0.0800. The summed E-state index contributed by atoms with van der Waals surface area (Å²) in [7, 11) is 2.30. The molecule has 0 amide bonds. The maximum absolute atomic E-state index is 2.57. The van der Waals surface area contributed by atoms with E-state index in [-0.39, 0.29) is 0 Å². The zero-order chi connectivity index (χ0) is 10.3. The average Bonchev–Trinajstić information content (AvgIpc) is 2.45. The minimum absolute atomic E-state index is 0.814. The van der Waals surface area contributed by atoms with E-state index in [1.165, 1.54) is 25.8 Å². The van der Waals surface area contributed by atoms with Gasteiger partial charge in [0.15, 0.2) is 0 Å². The highest BCUT2D eigenvalue weighted by Crippen LogP contribution is 2.48. The molecule has 0 N–H and O–H groups in total. The molecule has 2 fully saturated rings. The molecule has 1 aliphatic heterocycles. The number of rotatable bonds is 1. The van der Waals surface area contributed by atoms with Gasteiger partial charge in [-0.05, 0) is 50.5 Å². The van der Waals surface area contributed by atoms with Crippen molar-refractivity contribution < 1.29 is 0 Å². The maximum atomic E-state index is 2.57. The van der Waals surface area contributed by atoms with Crippen LogP contribution in [-0.2, 0) is 0 Å². The van der Waals surface area contributed by atoms with E-state index in [9.17, 15) is 0 Å². The summed E-state index contributed by atoms with van der Waals surface area (Å²) in [5, 5.41) is 0. The number of hydrogen-bond acceptors (Lipinski definition) is 1. The molecular weight excluding hydrogens is 170 g/mol. The first kappa shape index (κ1) is 10.5. The Hall–Kier alpha value is -0.0400. The molecule has 1 saturated heterocycles. The molecule has 1 saturated carbocycles. The van der Waals surface area contributed by atoms with Crippen LogP contribution < -0.4 is 0 Å². The fourth-order valence-corrected chi connectivity index (χ4v) is 3.85. The van der Waals surface area contributed by atoms with E-state index in [1.807, 2.05) is 0 Å². The van der Waals surface area contributed by atoms with Crippen LogP contribution in [0.4, 0.5) is 0 Å². The van der Waals surface area contributed by atoms with Crippen LogP contribution in [0.2, 0.25) is 0 Å². The number of likely N-dealkylation sites (tertiary alicyclic amines) is 1. The van der Waals surface area contributed by atoms with Crippen molar-refractivity contribution in [3.05, 3.63) is 0 Å². The van der Waals surface area contributed by atoms with Crippen molar-refractivity contribution in [3.8, 4) is 0 Å². The summed E-state index contributed by atoms with van der Waals surface area (Å²) in [6, 6.07) is 0.814. The molecule has 82 valence electrons. The van der Waals surface area contributed by atoms with E-state index in [1.54, 1.807) is 0 Å². The number of fused-ring (bicyclic) bond motifs is 1. The van der Waals surface area contributed by atoms with Gasteiger partial charge in [0, 0.05) is 12.6 Å². The highest BCUT2D eigenvalue weighted by Gasteiger charge is 2.44. The van der Waals surface area contributed by atoms with Crippen molar-refractivity contribution in [2.45, 2.75) is 46.1 Å². The second-order valence-electron chi connectivity index (χ2n) is 5.73. The minimum atomic E-state index is 0.814. The first-order valence-electron chi connectivity index (χ1n) is 6.33. The molecule has 1 heteroatoms. The molecule has 2 rings (SSSR count). The Bertz CT molecular complexity index is 201. The summed E-state index contributed by atoms with van der Waals surface area (Å²) in [5.41, 5.74) is 0. The van der Waals surface area contributed by atoms with Crippen molar-refractivity contribution >= 4 is 0 Å². The third-order valence-corrected chi connectivity index (χ3v) is 4.95. The van der Waals surface area contributed by atoms with Gasteiger partial charge in [-0.15, -0.1) is 0 Å². The van der Waals surface area contributed by atoms with Crippen LogP contribution in [0.1, 0.15) is 40.0 Å². The van der Waals surface area contributed by atoms with E-state index in [0.29, 0.717) is 0 Å². The van der Waals surface area contributed by atoms with E-state index >= 15 is 0 Å². The van der Waals surface area contributed by atoms with Gasteiger partial charge in [-0.25, -0.2) is 0 Å². The Balaban J connectivity index is 2.09. The molecule has 1 nitrogen and oxygen atoms in total. The largest absolute Gasteiger partial charge is 0.303 e. The van der Waals surface area contributed by atoms with E-state index < -0.39 is 0 Å². The van der Waals surface area contributed by atoms with Crippen LogP contribution in [-0.4, -0.2) is 24.5 Å². The van der Waals surface area contributed by atoms with Gasteiger partial charge in [-0.3, -0.25) is 0 Å². The molecule has 0 bridgehead atoms. The smallest absolute Gasteiger partial charge is 0.00668 e. The maximum Gasteiger partial charge on any atom is 0.00668 e. The summed E-state index contributed by atoms with van der Waals surface area (Å²) >= 11 is 0. The van der Waals surface area contributed by atoms with Gasteiger partial charge in [-0.1, -0.05) is 20.3 Å². The zero-order valence-corrected chi connectivity index (χ0v) is 10.2. The predicted molar refractivity (Wildman–Crippen MR) is 61.3 cm³/mol. The molecule has 14 heavy (non-hydrogen) atoms. The highest BCUT2D eigenvalue weighted by molar-refractivity contribution is 4.95. The Morgan fingerprint density at radius 1 is 1.14 bits per heavy atom. The van der Waals surface area contributed by atoms with Gasteiger partial charge >= 0.3 is 0 Å². The second kappa shape index (κ2) is 3.84. The summed E-state index contributed by atoms with van der Waals surface area (Å²) in [6.07, 6.45) is 4.33. The lowest BCUT2D eigenvalue weighted by atomic mass is 9.78. The SMILES string of the molecule is CCC1CC(C)C2CC(C)N(C)CC12.